The second kappa shape index (κ2) is 7.21. The molecule has 1 unspecified atom stereocenters. The van der Waals surface area contributed by atoms with Gasteiger partial charge in [-0.15, -0.1) is 0 Å². The second-order valence-corrected chi connectivity index (χ2v) is 6.19. The van der Waals surface area contributed by atoms with Crippen molar-refractivity contribution in [3.8, 4) is 17.0 Å². The van der Waals surface area contributed by atoms with Crippen LogP contribution in [0.5, 0.6) is 5.88 Å². The molecule has 7 heteroatoms. The van der Waals surface area contributed by atoms with E-state index in [-0.39, 0.29) is 11.6 Å². The van der Waals surface area contributed by atoms with Gasteiger partial charge in [-0.1, -0.05) is 0 Å². The largest absolute Gasteiger partial charge is 0.481 e. The summed E-state index contributed by atoms with van der Waals surface area (Å²) in [5.74, 6) is 0.555. The van der Waals surface area contributed by atoms with Crippen LogP contribution in [-0.2, 0) is 4.74 Å². The molecule has 0 amide bonds. The number of hydrogen-bond donors (Lipinski definition) is 0. The number of pyridine rings is 2. The fraction of sp³-hybridized carbons (Fsp3) is 0.368. The minimum Gasteiger partial charge on any atom is -0.481 e. The van der Waals surface area contributed by atoms with Crippen LogP contribution in [0.15, 0.2) is 29.2 Å². The van der Waals surface area contributed by atoms with Gasteiger partial charge in [0.1, 0.15) is 11.2 Å². The topological polar surface area (TPSA) is 79.1 Å². The lowest BCUT2D eigenvalue weighted by Crippen LogP contribution is -2.29. The van der Waals surface area contributed by atoms with Crippen molar-refractivity contribution in [1.82, 2.24) is 19.5 Å². The molecule has 3 aromatic heterocycles. The molecule has 3 heterocycles. The SMILES string of the molecule is COCC(C)n1c(=O)c(C)nc2c(-c3ccc(OC)nc3C)ccnc21. The van der Waals surface area contributed by atoms with Gasteiger partial charge in [0.2, 0.25) is 5.88 Å². The minimum atomic E-state index is -0.158. The van der Waals surface area contributed by atoms with Gasteiger partial charge in [-0.25, -0.2) is 15.0 Å². The summed E-state index contributed by atoms with van der Waals surface area (Å²) in [4.78, 5) is 26.1. The van der Waals surface area contributed by atoms with E-state index in [1.807, 2.05) is 32.0 Å². The van der Waals surface area contributed by atoms with Crippen LogP contribution in [0.2, 0.25) is 0 Å². The number of methoxy groups -OCH3 is 2. The summed E-state index contributed by atoms with van der Waals surface area (Å²) in [6.07, 6.45) is 1.69. The predicted molar refractivity (Wildman–Crippen MR) is 99.6 cm³/mol. The molecule has 7 nitrogen and oxygen atoms in total. The Labute approximate surface area is 151 Å². The van der Waals surface area contributed by atoms with Crippen molar-refractivity contribution in [2.24, 2.45) is 0 Å². The fourth-order valence-corrected chi connectivity index (χ4v) is 3.09. The third kappa shape index (κ3) is 3.06. The Morgan fingerprint density at radius 1 is 1.08 bits per heavy atom. The molecule has 26 heavy (non-hydrogen) atoms. The van der Waals surface area contributed by atoms with Crippen LogP contribution in [0.3, 0.4) is 0 Å². The van der Waals surface area contributed by atoms with Crippen LogP contribution in [0, 0.1) is 13.8 Å². The standard InChI is InChI=1S/C19H22N4O3/c1-11(10-25-4)23-18-17(22-13(3)19(23)24)15(8-9-20-18)14-6-7-16(26-5)21-12(14)2/h6-9,11H,10H2,1-5H3. The van der Waals surface area contributed by atoms with Gasteiger partial charge in [-0.05, 0) is 32.9 Å². The Bertz CT molecular complexity index is 1010. The molecule has 1 atom stereocenters. The first-order chi connectivity index (χ1) is 12.5. The highest BCUT2D eigenvalue weighted by atomic mass is 16.5. The average molecular weight is 354 g/mol. The molecule has 136 valence electrons. The van der Waals surface area contributed by atoms with E-state index in [9.17, 15) is 4.79 Å². The maximum Gasteiger partial charge on any atom is 0.273 e. The molecule has 0 fully saturated rings. The van der Waals surface area contributed by atoms with Crippen molar-refractivity contribution in [3.63, 3.8) is 0 Å². The van der Waals surface area contributed by atoms with Crippen LogP contribution in [0.1, 0.15) is 24.4 Å². The lowest BCUT2D eigenvalue weighted by atomic mass is 10.0. The minimum absolute atomic E-state index is 0.156. The molecule has 0 aromatic carbocycles. The predicted octanol–water partition coefficient (Wildman–Crippen LogP) is 2.69. The maximum atomic E-state index is 12.7. The smallest absolute Gasteiger partial charge is 0.273 e. The first kappa shape index (κ1) is 18.0. The summed E-state index contributed by atoms with van der Waals surface area (Å²) in [6, 6.07) is 5.49. The number of aromatic nitrogens is 4. The number of nitrogens with zero attached hydrogens (tertiary/aromatic N) is 4. The molecule has 0 aliphatic heterocycles. The molecule has 0 saturated carbocycles. The van der Waals surface area contributed by atoms with Crippen LogP contribution < -0.4 is 10.3 Å². The molecular formula is C19H22N4O3. The maximum absolute atomic E-state index is 12.7. The van der Waals surface area contributed by atoms with Crippen LogP contribution in [-0.4, -0.2) is 40.3 Å². The molecule has 0 aliphatic carbocycles. The van der Waals surface area contributed by atoms with Crippen molar-refractivity contribution in [2.75, 3.05) is 20.8 Å². The van der Waals surface area contributed by atoms with Crippen molar-refractivity contribution < 1.29 is 9.47 Å². The lowest BCUT2D eigenvalue weighted by molar-refractivity contribution is 0.162. The van der Waals surface area contributed by atoms with Crippen molar-refractivity contribution in [1.29, 1.82) is 0 Å². The Morgan fingerprint density at radius 2 is 1.85 bits per heavy atom. The first-order valence-corrected chi connectivity index (χ1v) is 8.36. The van der Waals surface area contributed by atoms with Crippen LogP contribution >= 0.6 is 0 Å². The van der Waals surface area contributed by atoms with Gasteiger partial charge in [0.05, 0.1) is 19.8 Å². The summed E-state index contributed by atoms with van der Waals surface area (Å²) < 4.78 is 12.1. The Morgan fingerprint density at radius 3 is 2.50 bits per heavy atom. The second-order valence-electron chi connectivity index (χ2n) is 6.19. The average Bonchev–Trinajstić information content (AvgIpc) is 2.62. The Kier molecular flexibility index (Phi) is 4.99. The molecule has 0 radical (unpaired) electrons. The normalized spacial score (nSPS) is 12.3. The zero-order valence-electron chi connectivity index (χ0n) is 15.6. The van der Waals surface area contributed by atoms with E-state index in [0.29, 0.717) is 29.3 Å². The quantitative estimate of drug-likeness (QED) is 0.701. The highest BCUT2D eigenvalue weighted by Gasteiger charge is 2.18. The molecule has 0 spiro atoms. The lowest BCUT2D eigenvalue weighted by Gasteiger charge is -2.18. The molecule has 0 N–H and O–H groups in total. The molecule has 3 rings (SSSR count). The summed E-state index contributed by atoms with van der Waals surface area (Å²) in [7, 11) is 3.20. The number of ether oxygens (including phenoxy) is 2. The number of hydrogen-bond acceptors (Lipinski definition) is 6. The third-order valence-electron chi connectivity index (χ3n) is 4.35. The highest BCUT2D eigenvalue weighted by Crippen LogP contribution is 2.29. The monoisotopic (exact) mass is 354 g/mol. The first-order valence-electron chi connectivity index (χ1n) is 8.36. The van der Waals surface area contributed by atoms with Crippen LogP contribution in [0.4, 0.5) is 0 Å². The number of fused-ring (bicyclic) bond motifs is 1. The van der Waals surface area contributed by atoms with Gasteiger partial charge in [0.25, 0.3) is 5.56 Å². The number of aryl methyl sites for hydroxylation is 2. The van der Waals surface area contributed by atoms with Gasteiger partial charge in [0, 0.05) is 36.2 Å². The van der Waals surface area contributed by atoms with Gasteiger partial charge in [-0.2, -0.15) is 0 Å². The number of rotatable bonds is 5. The van der Waals surface area contributed by atoms with Gasteiger partial charge in [0.15, 0.2) is 5.65 Å². The summed E-state index contributed by atoms with van der Waals surface area (Å²) in [5.41, 5.74) is 4.10. The van der Waals surface area contributed by atoms with Gasteiger partial charge >= 0.3 is 0 Å². The van der Waals surface area contributed by atoms with Crippen molar-refractivity contribution >= 4 is 11.2 Å². The molecule has 0 bridgehead atoms. The zero-order chi connectivity index (χ0) is 18.8. The van der Waals surface area contributed by atoms with E-state index >= 15 is 0 Å². The Hall–Kier alpha value is -2.80. The summed E-state index contributed by atoms with van der Waals surface area (Å²) >= 11 is 0. The summed E-state index contributed by atoms with van der Waals surface area (Å²) in [5, 5.41) is 0. The van der Waals surface area contributed by atoms with E-state index in [2.05, 4.69) is 15.0 Å². The van der Waals surface area contributed by atoms with E-state index < -0.39 is 0 Å². The van der Waals surface area contributed by atoms with Gasteiger partial charge < -0.3 is 9.47 Å². The van der Waals surface area contributed by atoms with E-state index in [1.165, 1.54) is 0 Å². The fourth-order valence-electron chi connectivity index (χ4n) is 3.09. The van der Waals surface area contributed by atoms with E-state index in [4.69, 9.17) is 9.47 Å². The van der Waals surface area contributed by atoms with E-state index in [0.717, 1.165) is 16.8 Å². The molecular weight excluding hydrogens is 332 g/mol. The molecule has 0 saturated heterocycles. The highest BCUT2D eigenvalue weighted by molar-refractivity contribution is 5.90. The summed E-state index contributed by atoms with van der Waals surface area (Å²) in [6.45, 7) is 5.97. The Balaban J connectivity index is 2.31. The van der Waals surface area contributed by atoms with Crippen molar-refractivity contribution in [3.05, 3.63) is 46.1 Å². The zero-order valence-corrected chi connectivity index (χ0v) is 15.6. The van der Waals surface area contributed by atoms with Gasteiger partial charge in [-0.3, -0.25) is 9.36 Å². The van der Waals surface area contributed by atoms with E-state index in [1.54, 1.807) is 31.9 Å². The van der Waals surface area contributed by atoms with Crippen molar-refractivity contribution in [2.45, 2.75) is 26.8 Å². The van der Waals surface area contributed by atoms with Crippen LogP contribution in [0.25, 0.3) is 22.3 Å². The molecule has 0 aliphatic rings. The molecule has 3 aromatic rings. The third-order valence-corrected chi connectivity index (χ3v) is 4.35.